The molecule has 0 rings (SSSR count). The highest BCUT2D eigenvalue weighted by Gasteiger charge is 2.12. The molecule has 0 radical (unpaired) electrons. The molecule has 0 aliphatic heterocycles. The van der Waals surface area contributed by atoms with Crippen molar-refractivity contribution in [1.29, 1.82) is 0 Å². The average molecular weight is 217 g/mol. The van der Waals surface area contributed by atoms with Crippen LogP contribution >= 0.6 is 0 Å². The first-order valence-corrected chi connectivity index (χ1v) is 9.12. The van der Waals surface area contributed by atoms with Crippen LogP contribution in [0.3, 0.4) is 0 Å². The summed E-state index contributed by atoms with van der Waals surface area (Å²) in [4.78, 5) is 0. The van der Waals surface area contributed by atoms with Crippen LogP contribution < -0.4 is 0 Å². The van der Waals surface area contributed by atoms with Crippen molar-refractivity contribution in [1.82, 2.24) is 0 Å². The number of rotatable bonds is 4. The van der Waals surface area contributed by atoms with Crippen molar-refractivity contribution in [2.24, 2.45) is 0 Å². The van der Waals surface area contributed by atoms with Gasteiger partial charge in [0.15, 0.2) is 0 Å². The SMILES string of the molecule is CC(C)(C)[SiH2]CCC[SiH2]C(C)(C)C. The van der Waals surface area contributed by atoms with E-state index in [1.807, 2.05) is 0 Å². The summed E-state index contributed by atoms with van der Waals surface area (Å²) in [5.74, 6) is 0. The molecule has 0 bridgehead atoms. The minimum absolute atomic E-state index is 0.208. The largest absolute Gasteiger partial charge is 0.0632 e. The summed E-state index contributed by atoms with van der Waals surface area (Å²) < 4.78 is 0. The third kappa shape index (κ3) is 12.4. The quantitative estimate of drug-likeness (QED) is 0.501. The van der Waals surface area contributed by atoms with Crippen molar-refractivity contribution in [2.75, 3.05) is 0 Å². The van der Waals surface area contributed by atoms with Gasteiger partial charge in [0.2, 0.25) is 0 Å². The fourth-order valence-electron chi connectivity index (χ4n) is 1.49. The van der Waals surface area contributed by atoms with Gasteiger partial charge in [-0.05, 0) is 10.1 Å². The van der Waals surface area contributed by atoms with Crippen LogP contribution in [0.5, 0.6) is 0 Å². The van der Waals surface area contributed by atoms with Gasteiger partial charge in [0.05, 0.1) is 0 Å². The van der Waals surface area contributed by atoms with Crippen LogP contribution in [0.1, 0.15) is 48.0 Å². The van der Waals surface area contributed by atoms with E-state index in [4.69, 9.17) is 0 Å². The molecule has 0 nitrogen and oxygen atoms in total. The first-order chi connectivity index (χ1) is 5.71. The molecule has 13 heavy (non-hydrogen) atoms. The van der Waals surface area contributed by atoms with Crippen LogP contribution in [0, 0.1) is 0 Å². The number of hydrogen-bond donors (Lipinski definition) is 0. The first kappa shape index (κ1) is 13.4. The van der Waals surface area contributed by atoms with E-state index in [0.29, 0.717) is 10.1 Å². The molecule has 0 aliphatic carbocycles. The van der Waals surface area contributed by atoms with E-state index in [1.54, 1.807) is 12.1 Å². The summed E-state index contributed by atoms with van der Waals surface area (Å²) in [5, 5.41) is 1.37. The van der Waals surface area contributed by atoms with E-state index < -0.39 is 0 Å². The Morgan fingerprint density at radius 1 is 0.692 bits per heavy atom. The van der Waals surface area contributed by atoms with E-state index in [2.05, 4.69) is 41.5 Å². The van der Waals surface area contributed by atoms with E-state index in [1.165, 1.54) is 6.42 Å². The standard InChI is InChI=1S/C11H28Si2/c1-10(2,3)12-8-7-9-13-11(4,5)6/h7-9,12-13H2,1-6H3. The fraction of sp³-hybridized carbons (Fsp3) is 1.00. The van der Waals surface area contributed by atoms with Crippen LogP contribution in [0.15, 0.2) is 0 Å². The Morgan fingerprint density at radius 3 is 1.23 bits per heavy atom. The predicted molar refractivity (Wildman–Crippen MR) is 70.7 cm³/mol. The number of hydrogen-bond acceptors (Lipinski definition) is 0. The summed E-state index contributed by atoms with van der Waals surface area (Å²) in [5.41, 5.74) is 0. The van der Waals surface area contributed by atoms with Crippen molar-refractivity contribution in [3.8, 4) is 0 Å². The second-order valence-corrected chi connectivity index (χ2v) is 13.3. The van der Waals surface area contributed by atoms with Crippen LogP contribution in [0.4, 0.5) is 0 Å². The lowest BCUT2D eigenvalue weighted by molar-refractivity contribution is 0.736. The van der Waals surface area contributed by atoms with Crippen LogP contribution in [-0.2, 0) is 0 Å². The average Bonchev–Trinajstić information content (AvgIpc) is 1.81. The van der Waals surface area contributed by atoms with Gasteiger partial charge in [0, 0.05) is 19.0 Å². The Kier molecular flexibility index (Phi) is 5.53. The first-order valence-electron chi connectivity index (χ1n) is 5.71. The zero-order valence-electron chi connectivity index (χ0n) is 10.5. The Hall–Kier alpha value is 0.434. The van der Waals surface area contributed by atoms with E-state index in [9.17, 15) is 0 Å². The van der Waals surface area contributed by atoms with E-state index in [-0.39, 0.29) is 19.0 Å². The Morgan fingerprint density at radius 2 is 1.00 bits per heavy atom. The highest BCUT2D eigenvalue weighted by molar-refractivity contribution is 6.41. The zero-order valence-corrected chi connectivity index (χ0v) is 13.4. The van der Waals surface area contributed by atoms with Gasteiger partial charge in [-0.2, -0.15) is 0 Å². The second kappa shape index (κ2) is 5.35. The lowest BCUT2D eigenvalue weighted by Gasteiger charge is -2.19. The summed E-state index contributed by atoms with van der Waals surface area (Å²) in [6.07, 6.45) is 1.53. The molecule has 0 spiro atoms. The van der Waals surface area contributed by atoms with Gasteiger partial charge >= 0.3 is 0 Å². The summed E-state index contributed by atoms with van der Waals surface area (Å²) in [6, 6.07) is 3.15. The topological polar surface area (TPSA) is 0 Å². The predicted octanol–water partition coefficient (Wildman–Crippen LogP) is 2.99. The minimum atomic E-state index is 0.208. The van der Waals surface area contributed by atoms with Gasteiger partial charge in [-0.1, -0.05) is 60.1 Å². The molecule has 2 heteroatoms. The maximum atomic E-state index is 2.40. The minimum Gasteiger partial charge on any atom is -0.0632 e. The molecule has 80 valence electrons. The molecule has 0 amide bonds. The third-order valence-electron chi connectivity index (χ3n) is 2.35. The van der Waals surface area contributed by atoms with Crippen molar-refractivity contribution in [3.05, 3.63) is 0 Å². The van der Waals surface area contributed by atoms with Gasteiger partial charge < -0.3 is 0 Å². The molecule has 0 aromatic heterocycles. The highest BCUT2D eigenvalue weighted by Crippen LogP contribution is 2.25. The van der Waals surface area contributed by atoms with Crippen molar-refractivity contribution < 1.29 is 0 Å². The molecule has 0 atom stereocenters. The van der Waals surface area contributed by atoms with Gasteiger partial charge in [-0.15, -0.1) is 0 Å². The lowest BCUT2D eigenvalue weighted by Crippen LogP contribution is -2.10. The van der Waals surface area contributed by atoms with Crippen LogP contribution in [-0.4, -0.2) is 19.0 Å². The normalized spacial score (nSPS) is 15.2. The Bertz CT molecular complexity index is 112. The fourth-order valence-corrected chi connectivity index (χ4v) is 5.52. The molecule has 0 heterocycles. The molecule has 0 fully saturated rings. The lowest BCUT2D eigenvalue weighted by atomic mass is 10.2. The van der Waals surface area contributed by atoms with Crippen LogP contribution in [0.25, 0.3) is 0 Å². The Labute approximate surface area is 89.5 Å². The molecule has 0 aromatic rings. The van der Waals surface area contributed by atoms with Crippen LogP contribution in [0.2, 0.25) is 22.2 Å². The molecular weight excluding hydrogens is 188 g/mol. The maximum absolute atomic E-state index is 2.40. The van der Waals surface area contributed by atoms with E-state index >= 15 is 0 Å². The van der Waals surface area contributed by atoms with Crippen molar-refractivity contribution >= 4 is 19.0 Å². The van der Waals surface area contributed by atoms with Crippen molar-refractivity contribution in [2.45, 2.75) is 70.1 Å². The molecule has 0 aliphatic rings. The maximum Gasteiger partial charge on any atom is 0.0260 e. The zero-order chi connectivity index (χ0) is 10.5. The van der Waals surface area contributed by atoms with Gasteiger partial charge in [0.25, 0.3) is 0 Å². The molecular formula is C11H28Si2. The van der Waals surface area contributed by atoms with E-state index in [0.717, 1.165) is 0 Å². The highest BCUT2D eigenvalue weighted by atomic mass is 28.2. The second-order valence-electron chi connectivity index (χ2n) is 6.68. The molecule has 0 saturated carbocycles. The van der Waals surface area contributed by atoms with Gasteiger partial charge in [-0.3, -0.25) is 0 Å². The summed E-state index contributed by atoms with van der Waals surface area (Å²) in [6.45, 7) is 14.4. The van der Waals surface area contributed by atoms with Crippen molar-refractivity contribution in [3.63, 3.8) is 0 Å². The van der Waals surface area contributed by atoms with Gasteiger partial charge in [-0.25, -0.2) is 0 Å². The van der Waals surface area contributed by atoms with Gasteiger partial charge in [0.1, 0.15) is 0 Å². The molecule has 0 aromatic carbocycles. The molecule has 0 N–H and O–H groups in total. The summed E-state index contributed by atoms with van der Waals surface area (Å²) in [7, 11) is 0.416. The molecule has 0 unspecified atom stereocenters. The summed E-state index contributed by atoms with van der Waals surface area (Å²) >= 11 is 0. The monoisotopic (exact) mass is 216 g/mol. The third-order valence-corrected chi connectivity index (χ3v) is 7.06. The Balaban J connectivity index is 3.28. The molecule has 0 saturated heterocycles. The smallest absolute Gasteiger partial charge is 0.0260 e.